The molecule has 0 aromatic carbocycles. The Hall–Kier alpha value is -2.29. The number of fused-ring (bicyclic) bond motifs is 1. The van der Waals surface area contributed by atoms with Crippen LogP contribution in [0.3, 0.4) is 0 Å². The summed E-state index contributed by atoms with van der Waals surface area (Å²) in [5, 5.41) is 2.95. The number of nitrogens with two attached hydrogens (primary N) is 1. The van der Waals surface area contributed by atoms with E-state index < -0.39 is 0 Å². The van der Waals surface area contributed by atoms with Crippen molar-refractivity contribution in [3.63, 3.8) is 0 Å². The molecule has 1 atom stereocenters. The molecule has 0 saturated carbocycles. The molecule has 9 nitrogen and oxygen atoms in total. The standard InChI is InChI=1S/C24H44N6O3/c1-18(2)16-19(25)21(31)26-14-12-10-8-6-5-7-9-11-13-15-30-17-28(3)20-22(32)27-24(33)29(4)23(20)30/h18-19H,5-17,25H2,1-4H3,(H,26,31)(H,27,32,33). The van der Waals surface area contributed by atoms with E-state index in [4.69, 9.17) is 5.73 Å². The lowest BCUT2D eigenvalue weighted by molar-refractivity contribution is -0.122. The van der Waals surface area contributed by atoms with Gasteiger partial charge >= 0.3 is 5.69 Å². The van der Waals surface area contributed by atoms with E-state index in [1.165, 1.54) is 36.7 Å². The summed E-state index contributed by atoms with van der Waals surface area (Å²) in [5.41, 5.74) is 5.79. The predicted octanol–water partition coefficient (Wildman–Crippen LogP) is 2.29. The fourth-order valence-corrected chi connectivity index (χ4v) is 4.50. The topological polar surface area (TPSA) is 116 Å². The monoisotopic (exact) mass is 464 g/mol. The summed E-state index contributed by atoms with van der Waals surface area (Å²) < 4.78 is 1.53. The zero-order chi connectivity index (χ0) is 24.4. The maximum absolute atomic E-state index is 12.1. The van der Waals surface area contributed by atoms with E-state index >= 15 is 0 Å². The number of aromatic amines is 1. The van der Waals surface area contributed by atoms with Gasteiger partial charge in [-0.15, -0.1) is 0 Å². The van der Waals surface area contributed by atoms with E-state index in [0.717, 1.165) is 51.0 Å². The lowest BCUT2D eigenvalue weighted by Gasteiger charge is -2.20. The van der Waals surface area contributed by atoms with Gasteiger partial charge in [-0.25, -0.2) is 4.79 Å². The van der Waals surface area contributed by atoms with Gasteiger partial charge in [0.2, 0.25) is 5.91 Å². The van der Waals surface area contributed by atoms with Crippen LogP contribution in [0.2, 0.25) is 0 Å². The molecule has 1 unspecified atom stereocenters. The highest BCUT2D eigenvalue weighted by Gasteiger charge is 2.28. The molecule has 33 heavy (non-hydrogen) atoms. The van der Waals surface area contributed by atoms with E-state index in [2.05, 4.69) is 29.0 Å². The van der Waals surface area contributed by atoms with Crippen LogP contribution in [0.25, 0.3) is 0 Å². The van der Waals surface area contributed by atoms with Crippen molar-refractivity contribution in [3.05, 3.63) is 20.8 Å². The molecule has 1 amide bonds. The van der Waals surface area contributed by atoms with Crippen molar-refractivity contribution in [1.29, 1.82) is 0 Å². The van der Waals surface area contributed by atoms with Gasteiger partial charge in [0.15, 0.2) is 0 Å². The predicted molar refractivity (Wildman–Crippen MR) is 135 cm³/mol. The lowest BCUT2D eigenvalue weighted by atomic mass is 10.0. The average Bonchev–Trinajstić information content (AvgIpc) is 3.08. The molecule has 0 aliphatic carbocycles. The van der Waals surface area contributed by atoms with E-state index in [-0.39, 0.29) is 23.2 Å². The third-order valence-electron chi connectivity index (χ3n) is 6.30. The number of H-pyrrole nitrogens is 1. The molecule has 0 saturated heterocycles. The molecule has 9 heteroatoms. The minimum absolute atomic E-state index is 0.0261. The van der Waals surface area contributed by atoms with Crippen molar-refractivity contribution >= 4 is 17.4 Å². The maximum Gasteiger partial charge on any atom is 0.329 e. The average molecular weight is 465 g/mol. The van der Waals surface area contributed by atoms with Crippen LogP contribution < -0.4 is 32.1 Å². The second-order valence-corrected chi connectivity index (χ2v) is 9.80. The molecule has 1 aliphatic heterocycles. The number of rotatable bonds is 15. The summed E-state index contributed by atoms with van der Waals surface area (Å²) in [6, 6.07) is -0.388. The van der Waals surface area contributed by atoms with Crippen LogP contribution in [0.15, 0.2) is 9.59 Å². The molecule has 1 aliphatic rings. The molecule has 2 rings (SSSR count). The number of carbonyl (C=O) groups is 1. The van der Waals surface area contributed by atoms with Gasteiger partial charge < -0.3 is 20.9 Å². The molecular formula is C24H44N6O3. The van der Waals surface area contributed by atoms with Crippen LogP contribution >= 0.6 is 0 Å². The molecule has 4 N–H and O–H groups in total. The fourth-order valence-electron chi connectivity index (χ4n) is 4.50. The largest absolute Gasteiger partial charge is 0.355 e. The van der Waals surface area contributed by atoms with Crippen LogP contribution in [-0.4, -0.2) is 48.3 Å². The van der Waals surface area contributed by atoms with Crippen molar-refractivity contribution in [2.75, 3.05) is 36.6 Å². The van der Waals surface area contributed by atoms with Crippen molar-refractivity contribution in [3.8, 4) is 0 Å². The number of amides is 1. The normalized spacial score (nSPS) is 14.1. The first kappa shape index (κ1) is 27.0. The molecule has 188 valence electrons. The second-order valence-electron chi connectivity index (χ2n) is 9.80. The van der Waals surface area contributed by atoms with Gasteiger partial charge in [0.1, 0.15) is 11.5 Å². The molecular weight excluding hydrogens is 420 g/mol. The molecule has 0 radical (unpaired) electrons. The molecule has 1 aromatic rings. The minimum Gasteiger partial charge on any atom is -0.355 e. The summed E-state index contributed by atoms with van der Waals surface area (Å²) in [4.78, 5) is 42.4. The first-order valence-corrected chi connectivity index (χ1v) is 12.5. The number of carbonyl (C=O) groups excluding carboxylic acids is 1. The van der Waals surface area contributed by atoms with Gasteiger partial charge in [0.25, 0.3) is 5.56 Å². The number of nitrogens with one attached hydrogen (secondary N) is 2. The number of nitrogens with zero attached hydrogens (tertiary/aromatic N) is 3. The Labute approximate surface area is 197 Å². The zero-order valence-electron chi connectivity index (χ0n) is 21.0. The van der Waals surface area contributed by atoms with Crippen molar-refractivity contribution in [2.45, 2.75) is 84.1 Å². The quantitative estimate of drug-likeness (QED) is 0.343. The summed E-state index contributed by atoms with van der Waals surface area (Å²) in [5.74, 6) is 1.14. The smallest absolute Gasteiger partial charge is 0.329 e. The third-order valence-corrected chi connectivity index (χ3v) is 6.30. The van der Waals surface area contributed by atoms with Crippen molar-refractivity contribution in [2.24, 2.45) is 18.7 Å². The van der Waals surface area contributed by atoms with Crippen LogP contribution in [0.5, 0.6) is 0 Å². The molecule has 0 fully saturated rings. The van der Waals surface area contributed by atoms with Gasteiger partial charge in [-0.2, -0.15) is 0 Å². The number of hydrogen-bond donors (Lipinski definition) is 3. The highest BCUT2D eigenvalue weighted by atomic mass is 16.2. The zero-order valence-corrected chi connectivity index (χ0v) is 21.0. The Morgan fingerprint density at radius 1 is 1.00 bits per heavy atom. The van der Waals surface area contributed by atoms with E-state index in [9.17, 15) is 14.4 Å². The van der Waals surface area contributed by atoms with Crippen LogP contribution in [0.1, 0.15) is 78.1 Å². The number of hydrogen-bond acceptors (Lipinski definition) is 6. The van der Waals surface area contributed by atoms with Crippen LogP contribution in [-0.2, 0) is 11.8 Å². The van der Waals surface area contributed by atoms with Gasteiger partial charge in [0.05, 0.1) is 12.7 Å². The number of anilines is 2. The van der Waals surface area contributed by atoms with Gasteiger partial charge in [-0.3, -0.25) is 19.1 Å². The Balaban J connectivity index is 1.50. The summed E-state index contributed by atoms with van der Waals surface area (Å²) in [6.07, 6.45) is 11.2. The third kappa shape index (κ3) is 8.21. The van der Waals surface area contributed by atoms with Gasteiger partial charge in [0, 0.05) is 27.2 Å². The Kier molecular flexibility index (Phi) is 11.0. The van der Waals surface area contributed by atoms with Gasteiger partial charge in [-0.05, 0) is 25.2 Å². The van der Waals surface area contributed by atoms with Crippen LogP contribution in [0, 0.1) is 5.92 Å². The molecule has 1 aromatic heterocycles. The van der Waals surface area contributed by atoms with Gasteiger partial charge in [-0.1, -0.05) is 58.8 Å². The number of unbranched alkanes of at least 4 members (excludes halogenated alkanes) is 8. The molecule has 2 heterocycles. The summed E-state index contributed by atoms with van der Waals surface area (Å²) in [6.45, 7) is 6.36. The second kappa shape index (κ2) is 13.4. The SMILES string of the molecule is CC(C)CC(N)C(=O)NCCCCCCCCCCCN1CN(C)c2c1n(C)c(=O)[nH]c2=O. The Morgan fingerprint density at radius 2 is 1.58 bits per heavy atom. The molecule has 0 spiro atoms. The Morgan fingerprint density at radius 3 is 2.18 bits per heavy atom. The van der Waals surface area contributed by atoms with Crippen LogP contribution in [0.4, 0.5) is 11.5 Å². The van der Waals surface area contributed by atoms with Crippen molar-refractivity contribution < 1.29 is 4.79 Å². The highest BCUT2D eigenvalue weighted by Crippen LogP contribution is 2.29. The van der Waals surface area contributed by atoms with E-state index in [1.54, 1.807) is 7.05 Å². The van der Waals surface area contributed by atoms with E-state index in [1.807, 2.05) is 11.9 Å². The summed E-state index contributed by atoms with van der Waals surface area (Å²) >= 11 is 0. The lowest BCUT2D eigenvalue weighted by Crippen LogP contribution is -2.41. The first-order valence-electron chi connectivity index (χ1n) is 12.5. The summed E-state index contributed by atoms with van der Waals surface area (Å²) in [7, 11) is 3.59. The van der Waals surface area contributed by atoms with E-state index in [0.29, 0.717) is 18.3 Å². The maximum atomic E-state index is 12.1. The number of aromatic nitrogens is 2. The minimum atomic E-state index is -0.388. The first-order chi connectivity index (χ1) is 15.7. The highest BCUT2D eigenvalue weighted by molar-refractivity contribution is 5.81. The fraction of sp³-hybridized carbons (Fsp3) is 0.792. The Bertz CT molecular complexity index is 863. The van der Waals surface area contributed by atoms with Crippen molar-refractivity contribution in [1.82, 2.24) is 14.9 Å². The molecule has 0 bridgehead atoms.